The molecule has 2 atom stereocenters. The molecule has 0 aliphatic carbocycles. The van der Waals surface area contributed by atoms with Gasteiger partial charge in [0.15, 0.2) is 0 Å². The van der Waals surface area contributed by atoms with Gasteiger partial charge in [-0.25, -0.2) is 0 Å². The Kier molecular flexibility index (Phi) is 5.05. The zero-order chi connectivity index (χ0) is 11.3. The standard InChI is InChI=1S/C11H23N3O/c1-3-10(11(12)15)14(2)8-9-5-4-6-13-7-9/h9-10,13H,3-8H2,1-2H3,(H2,12,15). The SMILES string of the molecule is CCC(C(N)=O)N(C)CC1CCCNC1. The smallest absolute Gasteiger partial charge is 0.234 e. The molecule has 15 heavy (non-hydrogen) atoms. The molecule has 1 saturated heterocycles. The van der Waals surface area contributed by atoms with Gasteiger partial charge in [0, 0.05) is 6.54 Å². The van der Waals surface area contributed by atoms with Crippen LogP contribution in [0.3, 0.4) is 0 Å². The molecule has 1 rings (SSSR count). The number of nitrogens with two attached hydrogens (primary N) is 1. The van der Waals surface area contributed by atoms with Crippen LogP contribution in [0.2, 0.25) is 0 Å². The van der Waals surface area contributed by atoms with Crippen LogP contribution in [-0.4, -0.2) is 43.5 Å². The summed E-state index contributed by atoms with van der Waals surface area (Å²) in [5.74, 6) is 0.459. The van der Waals surface area contributed by atoms with Crippen LogP contribution in [0.15, 0.2) is 0 Å². The van der Waals surface area contributed by atoms with Gasteiger partial charge < -0.3 is 11.1 Å². The monoisotopic (exact) mass is 213 g/mol. The van der Waals surface area contributed by atoms with Gasteiger partial charge in [0.25, 0.3) is 0 Å². The van der Waals surface area contributed by atoms with Crippen molar-refractivity contribution < 1.29 is 4.79 Å². The molecule has 0 radical (unpaired) electrons. The first kappa shape index (κ1) is 12.5. The van der Waals surface area contributed by atoms with E-state index in [1.54, 1.807) is 0 Å². The summed E-state index contributed by atoms with van der Waals surface area (Å²) < 4.78 is 0. The van der Waals surface area contributed by atoms with Crippen molar-refractivity contribution in [3.8, 4) is 0 Å². The molecule has 1 heterocycles. The minimum atomic E-state index is -0.205. The Bertz CT molecular complexity index is 202. The third-order valence-electron chi connectivity index (χ3n) is 3.19. The third kappa shape index (κ3) is 3.80. The first-order chi connectivity index (χ1) is 7.15. The minimum absolute atomic E-state index is 0.105. The second kappa shape index (κ2) is 6.08. The molecule has 0 aromatic rings. The maximum atomic E-state index is 11.2. The lowest BCUT2D eigenvalue weighted by atomic mass is 9.98. The first-order valence-electron chi connectivity index (χ1n) is 5.85. The van der Waals surface area contributed by atoms with Crippen LogP contribution in [0.4, 0.5) is 0 Å². The highest BCUT2D eigenvalue weighted by Crippen LogP contribution is 2.13. The van der Waals surface area contributed by atoms with Crippen LogP contribution in [0.1, 0.15) is 26.2 Å². The molecule has 2 unspecified atom stereocenters. The molecule has 3 N–H and O–H groups in total. The molecular formula is C11H23N3O. The van der Waals surface area contributed by atoms with E-state index in [0.717, 1.165) is 26.1 Å². The molecule has 4 heteroatoms. The number of hydrogen-bond acceptors (Lipinski definition) is 3. The van der Waals surface area contributed by atoms with Crippen molar-refractivity contribution in [1.82, 2.24) is 10.2 Å². The maximum absolute atomic E-state index is 11.2. The highest BCUT2D eigenvalue weighted by molar-refractivity contribution is 5.79. The Labute approximate surface area is 92.2 Å². The zero-order valence-electron chi connectivity index (χ0n) is 9.83. The fraction of sp³-hybridized carbons (Fsp3) is 0.909. The number of carbonyl (C=O) groups excluding carboxylic acids is 1. The van der Waals surface area contributed by atoms with Crippen LogP contribution in [0.5, 0.6) is 0 Å². The Morgan fingerprint density at radius 3 is 2.87 bits per heavy atom. The molecule has 0 saturated carbocycles. The summed E-state index contributed by atoms with van der Waals surface area (Å²) in [5.41, 5.74) is 5.36. The second-order valence-corrected chi connectivity index (χ2v) is 4.48. The number of rotatable bonds is 5. The minimum Gasteiger partial charge on any atom is -0.368 e. The lowest BCUT2D eigenvalue weighted by Crippen LogP contribution is -2.46. The Balaban J connectivity index is 2.38. The van der Waals surface area contributed by atoms with Gasteiger partial charge in [0.2, 0.25) is 5.91 Å². The maximum Gasteiger partial charge on any atom is 0.234 e. The van der Waals surface area contributed by atoms with Gasteiger partial charge in [-0.3, -0.25) is 9.69 Å². The predicted molar refractivity (Wildman–Crippen MR) is 61.5 cm³/mol. The molecule has 1 amide bonds. The van der Waals surface area contributed by atoms with Crippen LogP contribution >= 0.6 is 0 Å². The summed E-state index contributed by atoms with van der Waals surface area (Å²) in [4.78, 5) is 13.3. The highest BCUT2D eigenvalue weighted by atomic mass is 16.1. The first-order valence-corrected chi connectivity index (χ1v) is 5.85. The largest absolute Gasteiger partial charge is 0.368 e. The van der Waals surface area contributed by atoms with Crippen molar-refractivity contribution in [3.63, 3.8) is 0 Å². The topological polar surface area (TPSA) is 58.4 Å². The quantitative estimate of drug-likeness (QED) is 0.685. The average molecular weight is 213 g/mol. The number of piperidine rings is 1. The van der Waals surface area contributed by atoms with E-state index in [2.05, 4.69) is 10.2 Å². The van der Waals surface area contributed by atoms with E-state index >= 15 is 0 Å². The average Bonchev–Trinajstić information content (AvgIpc) is 2.19. The van der Waals surface area contributed by atoms with E-state index in [0.29, 0.717) is 5.92 Å². The number of nitrogens with one attached hydrogen (secondary N) is 1. The van der Waals surface area contributed by atoms with E-state index in [-0.39, 0.29) is 11.9 Å². The van der Waals surface area contributed by atoms with Crippen LogP contribution in [0.25, 0.3) is 0 Å². The summed E-state index contributed by atoms with van der Waals surface area (Å²) in [6, 6.07) is -0.105. The molecule has 0 aromatic heterocycles. The summed E-state index contributed by atoms with van der Waals surface area (Å²) >= 11 is 0. The Hall–Kier alpha value is -0.610. The predicted octanol–water partition coefficient (Wildman–Crippen LogP) is 0.182. The third-order valence-corrected chi connectivity index (χ3v) is 3.19. The van der Waals surface area contributed by atoms with E-state index in [4.69, 9.17) is 5.73 Å². The van der Waals surface area contributed by atoms with Gasteiger partial charge in [-0.2, -0.15) is 0 Å². The number of amides is 1. The van der Waals surface area contributed by atoms with Crippen molar-refractivity contribution in [2.24, 2.45) is 11.7 Å². The van der Waals surface area contributed by atoms with Crippen molar-refractivity contribution in [1.29, 1.82) is 0 Å². The summed E-state index contributed by atoms with van der Waals surface area (Å²) in [7, 11) is 1.99. The highest BCUT2D eigenvalue weighted by Gasteiger charge is 2.22. The van der Waals surface area contributed by atoms with Gasteiger partial charge in [0.05, 0.1) is 6.04 Å². The normalized spacial score (nSPS) is 24.1. The van der Waals surface area contributed by atoms with E-state index in [9.17, 15) is 4.79 Å². The van der Waals surface area contributed by atoms with Crippen molar-refractivity contribution >= 4 is 5.91 Å². The molecule has 1 aliphatic heterocycles. The summed E-state index contributed by atoms with van der Waals surface area (Å²) in [5, 5.41) is 3.38. The number of carbonyl (C=O) groups is 1. The van der Waals surface area contributed by atoms with E-state index in [1.807, 2.05) is 14.0 Å². The van der Waals surface area contributed by atoms with Crippen molar-refractivity contribution in [2.75, 3.05) is 26.7 Å². The van der Waals surface area contributed by atoms with Gasteiger partial charge in [0.1, 0.15) is 0 Å². The molecular weight excluding hydrogens is 190 g/mol. The van der Waals surface area contributed by atoms with Crippen LogP contribution in [-0.2, 0) is 4.79 Å². The molecule has 88 valence electrons. The van der Waals surface area contributed by atoms with Gasteiger partial charge in [-0.05, 0) is 45.3 Å². The van der Waals surface area contributed by atoms with E-state index < -0.39 is 0 Å². The fourth-order valence-corrected chi connectivity index (χ4v) is 2.34. The molecule has 0 spiro atoms. The fourth-order valence-electron chi connectivity index (χ4n) is 2.34. The van der Waals surface area contributed by atoms with Crippen LogP contribution in [0, 0.1) is 5.92 Å². The summed E-state index contributed by atoms with van der Waals surface area (Å²) in [6.45, 7) is 5.17. The van der Waals surface area contributed by atoms with Gasteiger partial charge in [-0.15, -0.1) is 0 Å². The van der Waals surface area contributed by atoms with Crippen molar-refractivity contribution in [2.45, 2.75) is 32.2 Å². The van der Waals surface area contributed by atoms with Gasteiger partial charge >= 0.3 is 0 Å². The lowest BCUT2D eigenvalue weighted by Gasteiger charge is -2.31. The molecule has 1 aliphatic rings. The lowest BCUT2D eigenvalue weighted by molar-refractivity contribution is -0.123. The van der Waals surface area contributed by atoms with Gasteiger partial charge in [-0.1, -0.05) is 6.92 Å². The Morgan fingerprint density at radius 1 is 1.67 bits per heavy atom. The number of primary amides is 1. The number of hydrogen-bond donors (Lipinski definition) is 2. The molecule has 1 fully saturated rings. The molecule has 4 nitrogen and oxygen atoms in total. The molecule has 0 bridgehead atoms. The number of nitrogens with zero attached hydrogens (tertiary/aromatic N) is 1. The van der Waals surface area contributed by atoms with Crippen LogP contribution < -0.4 is 11.1 Å². The second-order valence-electron chi connectivity index (χ2n) is 4.48. The summed E-state index contributed by atoms with van der Waals surface area (Å²) in [6.07, 6.45) is 3.30. The zero-order valence-corrected chi connectivity index (χ0v) is 9.83. The van der Waals surface area contributed by atoms with E-state index in [1.165, 1.54) is 12.8 Å². The Morgan fingerprint density at radius 2 is 2.40 bits per heavy atom. The van der Waals surface area contributed by atoms with Crippen molar-refractivity contribution in [3.05, 3.63) is 0 Å². The number of likely N-dealkylation sites (N-methyl/N-ethyl adjacent to an activating group) is 1. The molecule has 0 aromatic carbocycles.